The van der Waals surface area contributed by atoms with Crippen LogP contribution in [0.5, 0.6) is 0 Å². The van der Waals surface area contributed by atoms with Gasteiger partial charge >= 0.3 is 6.18 Å². The van der Waals surface area contributed by atoms with E-state index in [-0.39, 0.29) is 35.0 Å². The molecule has 0 aliphatic carbocycles. The zero-order valence-electron chi connectivity index (χ0n) is 14.8. The molecule has 1 saturated heterocycles. The lowest BCUT2D eigenvalue weighted by atomic mass is 10.0. The van der Waals surface area contributed by atoms with Crippen LogP contribution >= 0.6 is 0 Å². The summed E-state index contributed by atoms with van der Waals surface area (Å²) in [7, 11) is -3.33. The number of nitrogens with one attached hydrogen (secondary N) is 1. The molecular weight excluding hydrogens is 411 g/mol. The van der Waals surface area contributed by atoms with Crippen LogP contribution in [-0.4, -0.2) is 35.6 Å². The summed E-state index contributed by atoms with van der Waals surface area (Å²) in [6.45, 7) is 0. The van der Waals surface area contributed by atoms with Gasteiger partial charge in [0.2, 0.25) is 0 Å². The second-order valence-corrected chi connectivity index (χ2v) is 8.87. The van der Waals surface area contributed by atoms with E-state index >= 15 is 0 Å². The summed E-state index contributed by atoms with van der Waals surface area (Å²) in [5, 5.41) is 16.3. The van der Waals surface area contributed by atoms with E-state index < -0.39 is 39.4 Å². The molecule has 2 atom stereocenters. The molecule has 12 heteroatoms. The molecule has 2 heterocycles. The van der Waals surface area contributed by atoms with E-state index in [0.717, 1.165) is 12.1 Å². The Morgan fingerprint density at radius 2 is 1.97 bits per heavy atom. The second kappa shape index (κ2) is 7.40. The van der Waals surface area contributed by atoms with Gasteiger partial charge in [-0.15, -0.1) is 0 Å². The lowest BCUT2D eigenvalue weighted by Crippen LogP contribution is -2.34. The van der Waals surface area contributed by atoms with Crippen molar-refractivity contribution in [3.63, 3.8) is 0 Å². The number of amides is 1. The molecule has 1 aliphatic heterocycles. The number of halogens is 3. The average molecular weight is 427 g/mol. The van der Waals surface area contributed by atoms with Crippen LogP contribution in [0.15, 0.2) is 30.5 Å². The van der Waals surface area contributed by atoms with Gasteiger partial charge in [-0.25, -0.2) is 8.42 Å². The SMILES string of the molecule is N#C[C@@H]1CS(=O)(=O)CCC1n1cc(C(N)=O)c(Nc2ccc(C(F)(F)F)cc2)n1. The van der Waals surface area contributed by atoms with Crippen molar-refractivity contribution in [2.45, 2.75) is 18.6 Å². The molecule has 0 saturated carbocycles. The van der Waals surface area contributed by atoms with Gasteiger partial charge in [0.15, 0.2) is 15.7 Å². The number of carbonyl (C=O) groups excluding carboxylic acids is 1. The van der Waals surface area contributed by atoms with E-state index in [1.165, 1.54) is 23.0 Å². The minimum Gasteiger partial charge on any atom is -0.365 e. The van der Waals surface area contributed by atoms with Gasteiger partial charge in [-0.1, -0.05) is 0 Å². The monoisotopic (exact) mass is 427 g/mol. The molecule has 3 rings (SSSR count). The standard InChI is InChI=1S/C17H16F3N5O3S/c18-17(19,20)11-1-3-12(4-2-11)23-16-13(15(22)26)8-25(24-16)14-5-6-29(27,28)9-10(14)7-21/h1-4,8,10,14H,5-6,9H2,(H2,22,26)(H,23,24)/t10-,14?/m1/s1. The van der Waals surface area contributed by atoms with E-state index in [2.05, 4.69) is 10.4 Å². The van der Waals surface area contributed by atoms with Gasteiger partial charge in [-0.3, -0.25) is 9.48 Å². The summed E-state index contributed by atoms with van der Waals surface area (Å²) in [5.41, 5.74) is 4.74. The van der Waals surface area contributed by atoms with Crippen molar-refractivity contribution in [1.82, 2.24) is 9.78 Å². The molecule has 1 aliphatic rings. The number of alkyl halides is 3. The maximum atomic E-state index is 12.7. The Labute approximate surface area is 164 Å². The van der Waals surface area contributed by atoms with Crippen LogP contribution in [-0.2, 0) is 16.0 Å². The van der Waals surface area contributed by atoms with E-state index in [0.29, 0.717) is 0 Å². The van der Waals surface area contributed by atoms with Crippen LogP contribution in [0.2, 0.25) is 0 Å². The fraction of sp³-hybridized carbons (Fsp3) is 0.353. The first-order valence-corrected chi connectivity index (χ1v) is 10.3. The van der Waals surface area contributed by atoms with Gasteiger partial charge in [0, 0.05) is 11.9 Å². The maximum Gasteiger partial charge on any atom is 0.416 e. The molecule has 0 bridgehead atoms. The van der Waals surface area contributed by atoms with Crippen molar-refractivity contribution in [3.8, 4) is 6.07 Å². The topological polar surface area (TPSA) is 131 Å². The van der Waals surface area contributed by atoms with Crippen LogP contribution in [0.3, 0.4) is 0 Å². The molecule has 154 valence electrons. The Bertz CT molecular complexity index is 1070. The van der Waals surface area contributed by atoms with Crippen molar-refractivity contribution in [2.24, 2.45) is 11.7 Å². The third kappa shape index (κ3) is 4.51. The predicted octanol–water partition coefficient (Wildman–Crippen LogP) is 2.24. The van der Waals surface area contributed by atoms with Gasteiger partial charge in [0.05, 0.1) is 35.1 Å². The Hall–Kier alpha value is -3.07. The number of nitriles is 1. The predicted molar refractivity (Wildman–Crippen MR) is 96.9 cm³/mol. The summed E-state index contributed by atoms with van der Waals surface area (Å²) < 4.78 is 62.9. The fourth-order valence-corrected chi connectivity index (χ4v) is 4.73. The summed E-state index contributed by atoms with van der Waals surface area (Å²) >= 11 is 0. The number of nitrogens with zero attached hydrogens (tertiary/aromatic N) is 3. The number of aromatic nitrogens is 2. The number of benzene rings is 1. The van der Waals surface area contributed by atoms with Crippen LogP contribution in [0.1, 0.15) is 28.4 Å². The number of anilines is 2. The number of sulfone groups is 1. The highest BCUT2D eigenvalue weighted by molar-refractivity contribution is 7.91. The molecule has 3 N–H and O–H groups in total. The Morgan fingerprint density at radius 3 is 2.52 bits per heavy atom. The molecule has 1 unspecified atom stereocenters. The number of hydrogen-bond donors (Lipinski definition) is 2. The zero-order chi connectivity index (χ0) is 21.4. The van der Waals surface area contributed by atoms with E-state index in [1.807, 2.05) is 6.07 Å². The molecule has 8 nitrogen and oxygen atoms in total. The van der Waals surface area contributed by atoms with Crippen LogP contribution in [0, 0.1) is 17.2 Å². The number of rotatable bonds is 4. The van der Waals surface area contributed by atoms with Crippen LogP contribution in [0.4, 0.5) is 24.7 Å². The number of hydrogen-bond acceptors (Lipinski definition) is 6. The van der Waals surface area contributed by atoms with Crippen molar-refractivity contribution in [1.29, 1.82) is 5.26 Å². The molecule has 1 amide bonds. The normalized spacial score (nSPS) is 21.3. The minimum atomic E-state index is -4.48. The van der Waals surface area contributed by atoms with Crippen LogP contribution < -0.4 is 11.1 Å². The Morgan fingerprint density at radius 1 is 1.31 bits per heavy atom. The highest BCUT2D eigenvalue weighted by atomic mass is 32.2. The van der Waals surface area contributed by atoms with Gasteiger partial charge < -0.3 is 11.1 Å². The van der Waals surface area contributed by atoms with Crippen molar-refractivity contribution < 1.29 is 26.4 Å². The summed E-state index contributed by atoms with van der Waals surface area (Å²) in [4.78, 5) is 11.8. The van der Waals surface area contributed by atoms with Crippen LogP contribution in [0.25, 0.3) is 0 Å². The summed E-state index contributed by atoms with van der Waals surface area (Å²) in [6.07, 6.45) is -3.03. The molecule has 0 radical (unpaired) electrons. The second-order valence-electron chi connectivity index (χ2n) is 6.64. The number of nitrogens with two attached hydrogens (primary N) is 1. The quantitative estimate of drug-likeness (QED) is 0.769. The molecule has 0 spiro atoms. The molecule has 1 fully saturated rings. The van der Waals surface area contributed by atoms with Gasteiger partial charge in [-0.05, 0) is 30.7 Å². The lowest BCUT2D eigenvalue weighted by Gasteiger charge is -2.26. The first kappa shape index (κ1) is 20.7. The third-order valence-corrected chi connectivity index (χ3v) is 6.33. The smallest absolute Gasteiger partial charge is 0.365 e. The first-order chi connectivity index (χ1) is 13.5. The summed E-state index contributed by atoms with van der Waals surface area (Å²) in [5.74, 6) is -2.12. The number of carbonyl (C=O) groups is 1. The Balaban J connectivity index is 1.90. The Kier molecular flexibility index (Phi) is 5.27. The van der Waals surface area contributed by atoms with Gasteiger partial charge in [-0.2, -0.15) is 23.5 Å². The first-order valence-electron chi connectivity index (χ1n) is 8.43. The average Bonchev–Trinajstić information content (AvgIpc) is 3.04. The summed E-state index contributed by atoms with van der Waals surface area (Å²) in [6, 6.07) is 5.48. The van der Waals surface area contributed by atoms with Crippen molar-refractivity contribution >= 4 is 27.2 Å². The van der Waals surface area contributed by atoms with E-state index in [4.69, 9.17) is 5.73 Å². The van der Waals surface area contributed by atoms with Gasteiger partial charge in [0.1, 0.15) is 5.56 Å². The lowest BCUT2D eigenvalue weighted by molar-refractivity contribution is -0.137. The molecule has 1 aromatic heterocycles. The van der Waals surface area contributed by atoms with E-state index in [9.17, 15) is 31.6 Å². The largest absolute Gasteiger partial charge is 0.416 e. The minimum absolute atomic E-state index is 0.00220. The third-order valence-electron chi connectivity index (χ3n) is 4.60. The number of primary amides is 1. The molecule has 29 heavy (non-hydrogen) atoms. The van der Waals surface area contributed by atoms with E-state index in [1.54, 1.807) is 0 Å². The molecule has 2 aromatic rings. The van der Waals surface area contributed by atoms with Crippen molar-refractivity contribution in [2.75, 3.05) is 16.8 Å². The van der Waals surface area contributed by atoms with Gasteiger partial charge in [0.25, 0.3) is 5.91 Å². The molecule has 1 aromatic carbocycles. The molecular formula is C17H16F3N5O3S. The maximum absolute atomic E-state index is 12.7. The zero-order valence-corrected chi connectivity index (χ0v) is 15.7. The highest BCUT2D eigenvalue weighted by Gasteiger charge is 2.36. The van der Waals surface area contributed by atoms with Crippen molar-refractivity contribution in [3.05, 3.63) is 41.6 Å². The fourth-order valence-electron chi connectivity index (χ4n) is 3.12. The highest BCUT2D eigenvalue weighted by Crippen LogP contribution is 2.32.